The summed E-state index contributed by atoms with van der Waals surface area (Å²) in [6.45, 7) is 6.39. The Bertz CT molecular complexity index is 261. The zero-order chi connectivity index (χ0) is 10.8. The van der Waals surface area contributed by atoms with Gasteiger partial charge in [-0.05, 0) is 25.2 Å². The molecule has 0 atom stereocenters. The molecule has 1 rings (SSSR count). The molecule has 0 saturated heterocycles. The fourth-order valence-electron chi connectivity index (χ4n) is 0.830. The summed E-state index contributed by atoms with van der Waals surface area (Å²) >= 11 is 0. The van der Waals surface area contributed by atoms with Gasteiger partial charge in [0.2, 0.25) is 0 Å². The quantitative estimate of drug-likeness (QED) is 0.753. The normalized spacial score (nSPS) is 8.79. The van der Waals surface area contributed by atoms with E-state index in [9.17, 15) is 9.18 Å². The highest BCUT2D eigenvalue weighted by atomic mass is 19.1. The van der Waals surface area contributed by atoms with Crippen LogP contribution < -0.4 is 5.32 Å². The number of rotatable bonds is 3. The molecule has 0 aliphatic carbocycles. The predicted molar refractivity (Wildman–Crippen MR) is 56.0 cm³/mol. The fourth-order valence-corrected chi connectivity index (χ4v) is 0.830. The van der Waals surface area contributed by atoms with Gasteiger partial charge in [0.25, 0.3) is 0 Å². The Morgan fingerprint density at radius 3 is 2.29 bits per heavy atom. The number of nitrogens with one attached hydrogen (secondary N) is 1. The highest BCUT2D eigenvalue weighted by molar-refractivity contribution is 5.74. The van der Waals surface area contributed by atoms with Crippen molar-refractivity contribution in [3.05, 3.63) is 35.6 Å². The summed E-state index contributed by atoms with van der Waals surface area (Å²) in [4.78, 5) is 9.99. The highest BCUT2D eigenvalue weighted by Crippen LogP contribution is 1.99. The van der Waals surface area contributed by atoms with Crippen molar-refractivity contribution in [2.45, 2.75) is 13.8 Å². The first-order valence-electron chi connectivity index (χ1n) is 4.66. The summed E-state index contributed by atoms with van der Waals surface area (Å²) < 4.78 is 12.2. The van der Waals surface area contributed by atoms with E-state index >= 15 is 0 Å². The first-order valence-corrected chi connectivity index (χ1v) is 4.66. The molecule has 0 amide bonds. The smallest absolute Gasteiger partial charge is 0.150 e. The molecule has 0 bridgehead atoms. The average Bonchev–Trinajstić information content (AvgIpc) is 2.20. The van der Waals surface area contributed by atoms with Gasteiger partial charge in [-0.15, -0.1) is 0 Å². The summed E-state index contributed by atoms with van der Waals surface area (Å²) in [5.74, 6) is -0.375. The van der Waals surface area contributed by atoms with Crippen LogP contribution in [0.4, 0.5) is 4.39 Å². The van der Waals surface area contributed by atoms with Gasteiger partial charge in [-0.3, -0.25) is 4.79 Å². The molecule has 0 fully saturated rings. The summed E-state index contributed by atoms with van der Waals surface area (Å²) in [5.41, 5.74) is 0.370. The second-order valence-corrected chi connectivity index (χ2v) is 2.63. The third-order valence-corrected chi connectivity index (χ3v) is 1.48. The van der Waals surface area contributed by atoms with E-state index in [2.05, 4.69) is 19.2 Å². The minimum Gasteiger partial charge on any atom is -0.317 e. The lowest BCUT2D eigenvalue weighted by molar-refractivity contribution is 0.112. The minimum atomic E-state index is -0.375. The molecular weight excluding hydrogens is 181 g/mol. The van der Waals surface area contributed by atoms with Gasteiger partial charge in [0.15, 0.2) is 0 Å². The SMILES string of the molecule is CCNCC.O=Cc1cccc(F)c1. The molecule has 0 aromatic heterocycles. The van der Waals surface area contributed by atoms with Crippen LogP contribution >= 0.6 is 0 Å². The van der Waals surface area contributed by atoms with Gasteiger partial charge in [0.05, 0.1) is 0 Å². The van der Waals surface area contributed by atoms with Crippen LogP contribution in [0.3, 0.4) is 0 Å². The second kappa shape index (κ2) is 8.38. The molecule has 0 unspecified atom stereocenters. The van der Waals surface area contributed by atoms with Gasteiger partial charge in [-0.2, -0.15) is 0 Å². The van der Waals surface area contributed by atoms with Crippen LogP contribution in [0.25, 0.3) is 0 Å². The van der Waals surface area contributed by atoms with Crippen molar-refractivity contribution in [2.24, 2.45) is 0 Å². The van der Waals surface area contributed by atoms with Crippen LogP contribution in [-0.4, -0.2) is 19.4 Å². The molecule has 1 aromatic carbocycles. The third-order valence-electron chi connectivity index (χ3n) is 1.48. The molecule has 0 heterocycles. The number of hydrogen-bond donors (Lipinski definition) is 1. The molecule has 0 aliphatic heterocycles. The maximum absolute atomic E-state index is 12.2. The first kappa shape index (κ1) is 12.8. The Labute approximate surface area is 84.1 Å². The van der Waals surface area contributed by atoms with Crippen LogP contribution in [0.15, 0.2) is 24.3 Å². The molecule has 2 nitrogen and oxygen atoms in total. The van der Waals surface area contributed by atoms with Gasteiger partial charge in [-0.1, -0.05) is 26.0 Å². The van der Waals surface area contributed by atoms with E-state index in [4.69, 9.17) is 0 Å². The molecule has 14 heavy (non-hydrogen) atoms. The predicted octanol–water partition coefficient (Wildman–Crippen LogP) is 2.25. The van der Waals surface area contributed by atoms with Gasteiger partial charge in [-0.25, -0.2) is 4.39 Å². The van der Waals surface area contributed by atoms with E-state index in [1.54, 1.807) is 6.07 Å². The maximum atomic E-state index is 12.2. The van der Waals surface area contributed by atoms with Gasteiger partial charge >= 0.3 is 0 Å². The largest absolute Gasteiger partial charge is 0.317 e. The summed E-state index contributed by atoms with van der Waals surface area (Å²) in [5, 5.41) is 3.11. The molecule has 0 saturated carbocycles. The van der Waals surface area contributed by atoms with Crippen LogP contribution in [0.1, 0.15) is 24.2 Å². The van der Waals surface area contributed by atoms with Crippen molar-refractivity contribution < 1.29 is 9.18 Å². The van der Waals surface area contributed by atoms with Crippen LogP contribution in [0.2, 0.25) is 0 Å². The fraction of sp³-hybridized carbons (Fsp3) is 0.364. The number of aldehydes is 1. The minimum absolute atomic E-state index is 0.370. The maximum Gasteiger partial charge on any atom is 0.150 e. The van der Waals surface area contributed by atoms with Gasteiger partial charge in [0.1, 0.15) is 12.1 Å². The molecule has 3 heteroatoms. The van der Waals surface area contributed by atoms with Gasteiger partial charge < -0.3 is 5.32 Å². The summed E-state index contributed by atoms with van der Waals surface area (Å²) in [7, 11) is 0. The number of carbonyl (C=O) groups is 1. The van der Waals surface area contributed by atoms with Crippen molar-refractivity contribution in [3.63, 3.8) is 0 Å². The van der Waals surface area contributed by atoms with Crippen molar-refractivity contribution in [2.75, 3.05) is 13.1 Å². The standard InChI is InChI=1S/C7H5FO.C4H11N/c8-7-3-1-2-6(4-7)5-9;1-3-5-4-2/h1-5H;5H,3-4H2,1-2H3. The second-order valence-electron chi connectivity index (χ2n) is 2.63. The van der Waals surface area contributed by atoms with Crippen molar-refractivity contribution >= 4 is 6.29 Å². The number of halogens is 1. The Kier molecular flexibility index (Phi) is 7.65. The monoisotopic (exact) mass is 197 g/mol. The molecule has 1 aromatic rings. The van der Waals surface area contributed by atoms with E-state index in [1.807, 2.05) is 0 Å². The van der Waals surface area contributed by atoms with E-state index in [0.717, 1.165) is 13.1 Å². The zero-order valence-corrected chi connectivity index (χ0v) is 8.59. The Morgan fingerprint density at radius 2 is 2.00 bits per heavy atom. The lowest BCUT2D eigenvalue weighted by atomic mass is 10.2. The van der Waals surface area contributed by atoms with Crippen LogP contribution in [-0.2, 0) is 0 Å². The molecule has 0 spiro atoms. The first-order chi connectivity index (χ1) is 6.74. The zero-order valence-electron chi connectivity index (χ0n) is 8.59. The van der Waals surface area contributed by atoms with E-state index < -0.39 is 0 Å². The highest BCUT2D eigenvalue weighted by Gasteiger charge is 1.89. The average molecular weight is 197 g/mol. The van der Waals surface area contributed by atoms with Crippen molar-refractivity contribution in [1.82, 2.24) is 5.32 Å². The van der Waals surface area contributed by atoms with Crippen LogP contribution in [0.5, 0.6) is 0 Å². The Hall–Kier alpha value is -1.22. The summed E-state index contributed by atoms with van der Waals surface area (Å²) in [6, 6.07) is 5.54. The van der Waals surface area contributed by atoms with E-state index in [-0.39, 0.29) is 5.82 Å². The van der Waals surface area contributed by atoms with E-state index in [0.29, 0.717) is 11.8 Å². The lowest BCUT2D eigenvalue weighted by Crippen LogP contribution is -2.09. The third kappa shape index (κ3) is 6.31. The molecular formula is C11H16FNO. The molecule has 0 aliphatic rings. The van der Waals surface area contributed by atoms with E-state index in [1.165, 1.54) is 18.2 Å². The molecule has 0 radical (unpaired) electrons. The number of carbonyl (C=O) groups excluding carboxylic acids is 1. The topological polar surface area (TPSA) is 29.1 Å². The summed E-state index contributed by atoms with van der Waals surface area (Å²) in [6.07, 6.45) is 0.614. The number of benzene rings is 1. The number of hydrogen-bond acceptors (Lipinski definition) is 2. The van der Waals surface area contributed by atoms with Gasteiger partial charge in [0, 0.05) is 5.56 Å². The Morgan fingerprint density at radius 1 is 1.36 bits per heavy atom. The molecule has 1 N–H and O–H groups in total. The lowest BCUT2D eigenvalue weighted by Gasteiger charge is -1.86. The van der Waals surface area contributed by atoms with Crippen molar-refractivity contribution in [3.8, 4) is 0 Å². The van der Waals surface area contributed by atoms with Crippen molar-refractivity contribution in [1.29, 1.82) is 0 Å². The Balaban J connectivity index is 0.000000292. The molecule has 78 valence electrons. The van der Waals surface area contributed by atoms with Crippen LogP contribution in [0, 0.1) is 5.82 Å².